The number of alkyl carbamates (subject to hydrolysis) is 1. The summed E-state index contributed by atoms with van der Waals surface area (Å²) in [6, 6.07) is 12.4. The highest BCUT2D eigenvalue weighted by atomic mass is 19.4. The summed E-state index contributed by atoms with van der Waals surface area (Å²) in [5.74, 6) is -0.404. The fraction of sp³-hybridized carbons (Fsp3) is 0.333. The Labute approximate surface area is 194 Å². The Balaban J connectivity index is 1.79. The van der Waals surface area contributed by atoms with Crippen LogP contribution in [0.1, 0.15) is 20.8 Å². The maximum atomic E-state index is 12.8. The molecule has 7 nitrogen and oxygen atoms in total. The first-order valence-electron chi connectivity index (χ1n) is 10.5. The number of rotatable bonds is 6. The Morgan fingerprint density at radius 3 is 2.47 bits per heavy atom. The molecule has 0 bridgehead atoms. The summed E-state index contributed by atoms with van der Waals surface area (Å²) in [5.41, 5.74) is 0.0235. The number of anilines is 1. The van der Waals surface area contributed by atoms with Crippen LogP contribution in [0, 0.1) is 0 Å². The van der Waals surface area contributed by atoms with Crippen LogP contribution >= 0.6 is 0 Å². The summed E-state index contributed by atoms with van der Waals surface area (Å²) < 4.78 is 47.6. The molecule has 0 atom stereocenters. The number of aromatic nitrogens is 1. The molecule has 1 aromatic heterocycles. The zero-order valence-electron chi connectivity index (χ0n) is 19.2. The van der Waals surface area contributed by atoms with Crippen LogP contribution in [0.3, 0.4) is 0 Å². The van der Waals surface area contributed by atoms with Crippen molar-refractivity contribution >= 4 is 22.6 Å². The van der Waals surface area contributed by atoms with Crippen molar-refractivity contribution in [2.24, 2.45) is 0 Å². The van der Waals surface area contributed by atoms with Crippen molar-refractivity contribution in [2.75, 3.05) is 25.0 Å². The fourth-order valence-electron chi connectivity index (χ4n) is 3.30. The fourth-order valence-corrected chi connectivity index (χ4v) is 3.30. The van der Waals surface area contributed by atoms with Gasteiger partial charge in [-0.05, 0) is 56.5 Å². The zero-order valence-corrected chi connectivity index (χ0v) is 19.2. The molecule has 182 valence electrons. The zero-order chi connectivity index (χ0) is 25.1. The first-order chi connectivity index (χ1) is 15.8. The number of carbonyl (C=O) groups excluding carboxylic acids is 1. The molecule has 2 N–H and O–H groups in total. The lowest BCUT2D eigenvalue weighted by atomic mass is 10.1. The van der Waals surface area contributed by atoms with Crippen molar-refractivity contribution < 1.29 is 27.4 Å². The number of aromatic amines is 1. The van der Waals surface area contributed by atoms with Crippen molar-refractivity contribution in [1.82, 2.24) is 10.3 Å². The van der Waals surface area contributed by atoms with Gasteiger partial charge in [0.25, 0.3) is 5.56 Å². The molecule has 0 aliphatic heterocycles. The molecule has 0 saturated carbocycles. The van der Waals surface area contributed by atoms with E-state index in [2.05, 4.69) is 15.0 Å². The van der Waals surface area contributed by atoms with Crippen molar-refractivity contribution in [3.63, 3.8) is 0 Å². The number of hydrogen-bond acceptors (Lipinski definition) is 5. The van der Waals surface area contributed by atoms with Crippen LogP contribution in [0.15, 0.2) is 53.3 Å². The Kier molecular flexibility index (Phi) is 7.09. The van der Waals surface area contributed by atoms with Gasteiger partial charge < -0.3 is 24.7 Å². The molecule has 0 fully saturated rings. The Morgan fingerprint density at radius 2 is 1.79 bits per heavy atom. The average Bonchev–Trinajstić information content (AvgIpc) is 2.71. The van der Waals surface area contributed by atoms with Crippen molar-refractivity contribution in [1.29, 1.82) is 0 Å². The molecule has 34 heavy (non-hydrogen) atoms. The van der Waals surface area contributed by atoms with Crippen LogP contribution in [0.2, 0.25) is 0 Å². The molecule has 3 aromatic rings. The molecule has 0 saturated heterocycles. The maximum Gasteiger partial charge on any atom is 0.573 e. The van der Waals surface area contributed by atoms with Gasteiger partial charge in [-0.1, -0.05) is 18.2 Å². The van der Waals surface area contributed by atoms with Crippen LogP contribution in [0.4, 0.5) is 23.7 Å². The predicted octanol–water partition coefficient (Wildman–Crippen LogP) is 5.05. The van der Waals surface area contributed by atoms with Gasteiger partial charge in [-0.15, -0.1) is 13.2 Å². The number of pyridine rings is 1. The van der Waals surface area contributed by atoms with Crippen molar-refractivity contribution in [3.8, 4) is 17.0 Å². The van der Waals surface area contributed by atoms with Gasteiger partial charge in [-0.3, -0.25) is 4.79 Å². The third kappa shape index (κ3) is 6.66. The monoisotopic (exact) mass is 477 g/mol. The quantitative estimate of drug-likeness (QED) is 0.519. The normalized spacial score (nSPS) is 11.9. The molecule has 1 amide bonds. The maximum absolute atomic E-state index is 12.8. The number of ether oxygens (including phenoxy) is 2. The van der Waals surface area contributed by atoms with Gasteiger partial charge in [0.05, 0.1) is 5.69 Å². The van der Waals surface area contributed by atoms with Crippen LogP contribution in [0.25, 0.3) is 22.0 Å². The van der Waals surface area contributed by atoms with Gasteiger partial charge in [0.15, 0.2) is 0 Å². The molecule has 0 spiro atoms. The van der Waals surface area contributed by atoms with Gasteiger partial charge in [0.1, 0.15) is 11.4 Å². The third-order valence-corrected chi connectivity index (χ3v) is 4.79. The van der Waals surface area contributed by atoms with E-state index in [0.717, 1.165) is 5.69 Å². The number of nitrogens with zero attached hydrogens (tertiary/aromatic N) is 1. The van der Waals surface area contributed by atoms with Crippen LogP contribution < -0.4 is 20.5 Å². The summed E-state index contributed by atoms with van der Waals surface area (Å²) in [7, 11) is 1.81. The lowest BCUT2D eigenvalue weighted by Gasteiger charge is -2.22. The van der Waals surface area contributed by atoms with Gasteiger partial charge in [-0.2, -0.15) is 0 Å². The molecule has 2 aromatic carbocycles. The number of H-pyrrole nitrogens is 1. The van der Waals surface area contributed by atoms with Gasteiger partial charge >= 0.3 is 12.5 Å². The first kappa shape index (κ1) is 24.9. The molecular weight excluding hydrogens is 451 g/mol. The summed E-state index contributed by atoms with van der Waals surface area (Å²) in [6.45, 7) is 6.12. The Morgan fingerprint density at radius 1 is 1.09 bits per heavy atom. The van der Waals surface area contributed by atoms with Crippen LogP contribution in [-0.4, -0.2) is 43.2 Å². The lowest BCUT2D eigenvalue weighted by Crippen LogP contribution is -2.37. The number of hydrogen-bond donors (Lipinski definition) is 2. The van der Waals surface area contributed by atoms with Gasteiger partial charge in [0.2, 0.25) is 0 Å². The molecule has 3 rings (SSSR count). The second kappa shape index (κ2) is 9.66. The predicted molar refractivity (Wildman–Crippen MR) is 124 cm³/mol. The molecular formula is C24H26F3N3O4. The third-order valence-electron chi connectivity index (χ3n) is 4.79. The lowest BCUT2D eigenvalue weighted by molar-refractivity contribution is -0.274. The molecule has 0 aliphatic carbocycles. The SMILES string of the molecule is CN(CCNC(=O)OC(C)(C)C)c1ccc2cc(-c3ccccc3OC(F)(F)F)[nH]c(=O)c2c1. The summed E-state index contributed by atoms with van der Waals surface area (Å²) >= 11 is 0. The summed E-state index contributed by atoms with van der Waals surface area (Å²) in [4.78, 5) is 29.0. The molecule has 0 unspecified atom stereocenters. The molecule has 1 heterocycles. The molecule has 10 heteroatoms. The number of halogens is 3. The van der Waals surface area contributed by atoms with Crippen molar-refractivity contribution in [2.45, 2.75) is 32.7 Å². The number of benzene rings is 2. The Hall–Kier alpha value is -3.69. The number of fused-ring (bicyclic) bond motifs is 1. The van der Waals surface area contributed by atoms with E-state index in [4.69, 9.17) is 4.74 Å². The number of nitrogens with one attached hydrogen (secondary N) is 2. The summed E-state index contributed by atoms with van der Waals surface area (Å²) in [6.07, 6.45) is -5.37. The second-order valence-electron chi connectivity index (χ2n) is 8.68. The largest absolute Gasteiger partial charge is 0.573 e. The average molecular weight is 477 g/mol. The number of likely N-dealkylation sites (N-methyl/N-ethyl adjacent to an activating group) is 1. The Bertz CT molecular complexity index is 1230. The van der Waals surface area contributed by atoms with Crippen molar-refractivity contribution in [3.05, 3.63) is 58.9 Å². The van der Waals surface area contributed by atoms with Crippen LogP contribution in [-0.2, 0) is 4.74 Å². The van der Waals surface area contributed by atoms with Gasteiger partial charge in [0, 0.05) is 36.8 Å². The topological polar surface area (TPSA) is 83.7 Å². The molecule has 0 aliphatic rings. The molecule has 0 radical (unpaired) electrons. The minimum atomic E-state index is -4.86. The van der Waals surface area contributed by atoms with Gasteiger partial charge in [-0.25, -0.2) is 4.79 Å². The van der Waals surface area contributed by atoms with E-state index in [0.29, 0.717) is 23.9 Å². The highest BCUT2D eigenvalue weighted by molar-refractivity contribution is 5.88. The second-order valence-corrected chi connectivity index (χ2v) is 8.68. The minimum Gasteiger partial charge on any atom is -0.444 e. The number of alkyl halides is 3. The number of carbonyl (C=O) groups is 1. The van der Waals surface area contributed by atoms with E-state index >= 15 is 0 Å². The van der Waals surface area contributed by atoms with E-state index in [1.54, 1.807) is 51.1 Å². The van der Waals surface area contributed by atoms with E-state index in [1.807, 2.05) is 11.9 Å². The van der Waals surface area contributed by atoms with Crippen LogP contribution in [0.5, 0.6) is 5.75 Å². The number of amides is 1. The van der Waals surface area contributed by atoms with E-state index in [-0.39, 0.29) is 11.3 Å². The van der Waals surface area contributed by atoms with E-state index in [1.165, 1.54) is 18.2 Å². The van der Waals surface area contributed by atoms with E-state index in [9.17, 15) is 22.8 Å². The first-order valence-corrected chi connectivity index (χ1v) is 10.5. The minimum absolute atomic E-state index is 0.119. The standard InChI is InChI=1S/C24H26F3N3O4/c1-23(2,3)34-22(32)28-11-12-30(4)16-10-9-15-13-19(29-21(31)18(15)14-16)17-7-5-6-8-20(17)33-24(25,26)27/h5-10,13-14H,11-12H2,1-4H3,(H,28,32)(H,29,31). The summed E-state index contributed by atoms with van der Waals surface area (Å²) in [5, 5.41) is 3.61. The van der Waals surface area contributed by atoms with E-state index < -0.39 is 29.4 Å². The number of para-hydroxylation sites is 1. The highest BCUT2D eigenvalue weighted by Crippen LogP contribution is 2.33. The smallest absolute Gasteiger partial charge is 0.444 e. The highest BCUT2D eigenvalue weighted by Gasteiger charge is 2.32.